The summed E-state index contributed by atoms with van der Waals surface area (Å²) >= 11 is 1.86. The summed E-state index contributed by atoms with van der Waals surface area (Å²) in [5.74, 6) is 0.669. The highest BCUT2D eigenvalue weighted by Crippen LogP contribution is 2.48. The van der Waals surface area contributed by atoms with Gasteiger partial charge in [0.25, 0.3) is 0 Å². The minimum Gasteiger partial charge on any atom is -0.309 e. The van der Waals surface area contributed by atoms with Crippen molar-refractivity contribution in [3.63, 3.8) is 0 Å². The lowest BCUT2D eigenvalue weighted by atomic mass is 10.0. The van der Waals surface area contributed by atoms with Crippen molar-refractivity contribution < 1.29 is 0 Å². The van der Waals surface area contributed by atoms with Gasteiger partial charge in [0, 0.05) is 58.4 Å². The van der Waals surface area contributed by atoms with E-state index in [2.05, 4.69) is 191 Å². The molecule has 256 valence electrons. The van der Waals surface area contributed by atoms with Crippen LogP contribution in [-0.2, 0) is 0 Å². The van der Waals surface area contributed by atoms with Gasteiger partial charge in [-0.25, -0.2) is 9.97 Å². The van der Waals surface area contributed by atoms with Crippen LogP contribution in [0.15, 0.2) is 182 Å². The van der Waals surface area contributed by atoms with Crippen LogP contribution >= 0.6 is 11.3 Å². The minimum absolute atomic E-state index is 0.669. The van der Waals surface area contributed by atoms with E-state index in [0.29, 0.717) is 5.95 Å². The number of nitrogens with zero attached hydrogens (tertiary/aromatic N) is 4. The molecule has 0 amide bonds. The Hall–Kier alpha value is -7.08. The van der Waals surface area contributed by atoms with Crippen molar-refractivity contribution in [3.8, 4) is 34.0 Å². The fourth-order valence-corrected chi connectivity index (χ4v) is 9.90. The molecule has 0 radical (unpaired) electrons. The fourth-order valence-electron chi connectivity index (χ4n) is 8.78. The van der Waals surface area contributed by atoms with Crippen molar-refractivity contribution in [2.24, 2.45) is 0 Å². The summed E-state index contributed by atoms with van der Waals surface area (Å²) in [6, 6.07) is 65.2. The molecule has 5 heteroatoms. The summed E-state index contributed by atoms with van der Waals surface area (Å²) in [6.07, 6.45) is 0. The van der Waals surface area contributed by atoms with Gasteiger partial charge in [-0.3, -0.25) is 4.57 Å². The van der Waals surface area contributed by atoms with Gasteiger partial charge < -0.3 is 4.57 Å². The Bertz CT molecular complexity index is 3480. The maximum absolute atomic E-state index is 5.43. The third-order valence-electron chi connectivity index (χ3n) is 11.1. The number of hydrogen-bond donors (Lipinski definition) is 0. The molecule has 0 N–H and O–H groups in total. The molecule has 0 aliphatic carbocycles. The van der Waals surface area contributed by atoms with Crippen LogP contribution in [0.4, 0.5) is 0 Å². The van der Waals surface area contributed by atoms with Gasteiger partial charge in [-0.2, -0.15) is 0 Å². The quantitative estimate of drug-likeness (QED) is 0.182. The molecule has 4 aromatic heterocycles. The Balaban J connectivity index is 1.23. The summed E-state index contributed by atoms with van der Waals surface area (Å²) in [4.78, 5) is 10.7. The molecule has 0 bridgehead atoms. The lowest BCUT2D eigenvalue weighted by Gasteiger charge is -2.12. The van der Waals surface area contributed by atoms with Crippen LogP contribution in [0.3, 0.4) is 0 Å². The molecule has 4 nitrogen and oxygen atoms in total. The van der Waals surface area contributed by atoms with E-state index in [1.807, 2.05) is 11.3 Å². The van der Waals surface area contributed by atoms with Crippen molar-refractivity contribution in [2.75, 3.05) is 0 Å². The van der Waals surface area contributed by atoms with Gasteiger partial charge in [-0.05, 0) is 59.7 Å². The second-order valence-electron chi connectivity index (χ2n) is 14.1. The smallest absolute Gasteiger partial charge is 0.235 e. The lowest BCUT2D eigenvalue weighted by Crippen LogP contribution is -2.03. The molecule has 0 aliphatic rings. The van der Waals surface area contributed by atoms with Crippen LogP contribution < -0.4 is 0 Å². The van der Waals surface area contributed by atoms with Crippen LogP contribution in [0.1, 0.15) is 0 Å². The van der Waals surface area contributed by atoms with E-state index in [-0.39, 0.29) is 0 Å². The third-order valence-corrected chi connectivity index (χ3v) is 12.2. The molecule has 8 aromatic carbocycles. The third kappa shape index (κ3) is 4.45. The van der Waals surface area contributed by atoms with Crippen molar-refractivity contribution in [2.45, 2.75) is 0 Å². The number of thiophene rings is 1. The van der Waals surface area contributed by atoms with Crippen LogP contribution in [0.25, 0.3) is 109 Å². The molecule has 0 saturated heterocycles. The zero-order valence-electron chi connectivity index (χ0n) is 29.5. The first-order chi connectivity index (χ1) is 27.3. The molecule has 0 fully saturated rings. The average Bonchev–Trinajstić information content (AvgIpc) is 3.91. The maximum Gasteiger partial charge on any atom is 0.235 e. The van der Waals surface area contributed by atoms with Crippen molar-refractivity contribution in [1.29, 1.82) is 0 Å². The Kier molecular flexibility index (Phi) is 6.47. The number of hydrogen-bond acceptors (Lipinski definition) is 3. The van der Waals surface area contributed by atoms with Crippen molar-refractivity contribution >= 4 is 86.0 Å². The molecule has 0 atom stereocenters. The van der Waals surface area contributed by atoms with Crippen LogP contribution in [0.5, 0.6) is 0 Å². The highest BCUT2D eigenvalue weighted by Gasteiger charge is 2.24. The summed E-state index contributed by atoms with van der Waals surface area (Å²) in [5.41, 5.74) is 11.1. The lowest BCUT2D eigenvalue weighted by molar-refractivity contribution is 1.02. The Morgan fingerprint density at radius 1 is 0.382 bits per heavy atom. The van der Waals surface area contributed by atoms with E-state index in [4.69, 9.17) is 9.97 Å². The van der Waals surface area contributed by atoms with E-state index in [1.54, 1.807) is 0 Å². The van der Waals surface area contributed by atoms with E-state index in [0.717, 1.165) is 38.9 Å². The molecular weight excluding hydrogens is 689 g/mol. The first kappa shape index (κ1) is 30.4. The van der Waals surface area contributed by atoms with Gasteiger partial charge in [0.15, 0.2) is 0 Å². The van der Waals surface area contributed by atoms with Crippen LogP contribution in [0, 0.1) is 0 Å². The zero-order chi connectivity index (χ0) is 36.0. The van der Waals surface area contributed by atoms with Gasteiger partial charge >= 0.3 is 0 Å². The highest BCUT2D eigenvalue weighted by atomic mass is 32.1. The number of benzene rings is 8. The number of rotatable bonds is 4. The van der Waals surface area contributed by atoms with E-state index < -0.39 is 0 Å². The molecule has 0 unspecified atom stereocenters. The Morgan fingerprint density at radius 2 is 1.02 bits per heavy atom. The topological polar surface area (TPSA) is 35.6 Å². The second-order valence-corrected chi connectivity index (χ2v) is 15.2. The molecule has 12 rings (SSSR count). The number of fused-ring (bicyclic) bond motifs is 12. The fraction of sp³-hybridized carbons (Fsp3) is 0. The summed E-state index contributed by atoms with van der Waals surface area (Å²) < 4.78 is 7.26. The number of aromatic nitrogens is 4. The zero-order valence-corrected chi connectivity index (χ0v) is 30.3. The molecule has 0 spiro atoms. The number of para-hydroxylation sites is 3. The summed E-state index contributed by atoms with van der Waals surface area (Å²) in [6.45, 7) is 0. The van der Waals surface area contributed by atoms with Gasteiger partial charge in [0.1, 0.15) is 0 Å². The van der Waals surface area contributed by atoms with Crippen molar-refractivity contribution in [1.82, 2.24) is 19.1 Å². The van der Waals surface area contributed by atoms with Crippen molar-refractivity contribution in [3.05, 3.63) is 182 Å². The molecule has 12 aromatic rings. The monoisotopic (exact) mass is 718 g/mol. The summed E-state index contributed by atoms with van der Waals surface area (Å²) in [5, 5.41) is 8.42. The Morgan fingerprint density at radius 3 is 1.84 bits per heavy atom. The van der Waals surface area contributed by atoms with Gasteiger partial charge in [0.2, 0.25) is 5.95 Å². The van der Waals surface area contributed by atoms with Crippen LogP contribution in [-0.4, -0.2) is 19.1 Å². The first-order valence-corrected chi connectivity index (χ1v) is 19.4. The second kappa shape index (κ2) is 11.7. The van der Waals surface area contributed by atoms with Crippen LogP contribution in [0.2, 0.25) is 0 Å². The largest absolute Gasteiger partial charge is 0.309 e. The molecule has 55 heavy (non-hydrogen) atoms. The normalized spacial score (nSPS) is 12.0. The van der Waals surface area contributed by atoms with E-state index in [1.165, 1.54) is 63.9 Å². The van der Waals surface area contributed by atoms with E-state index >= 15 is 0 Å². The standard InChI is InChI=1S/C50H30N4S/c1-3-14-31(15-4-1)33-18-13-19-34(30-33)53-41-25-12-9-22-38(41)45-42(53)27-29-43-46(45)47-44(55-43)28-26-36-35-20-8-11-24-40(35)54(49(36)47)50-51-39-23-10-7-21-37(39)48(52-50)32-16-5-2-6-17-32/h1-30H. The molecule has 4 heterocycles. The average molecular weight is 719 g/mol. The molecule has 0 aliphatic heterocycles. The Labute approximate surface area is 319 Å². The highest BCUT2D eigenvalue weighted by molar-refractivity contribution is 7.26. The van der Waals surface area contributed by atoms with Gasteiger partial charge in [0.05, 0.1) is 33.3 Å². The maximum atomic E-state index is 5.43. The summed E-state index contributed by atoms with van der Waals surface area (Å²) in [7, 11) is 0. The first-order valence-electron chi connectivity index (χ1n) is 18.6. The van der Waals surface area contributed by atoms with Gasteiger partial charge in [-0.1, -0.05) is 133 Å². The van der Waals surface area contributed by atoms with E-state index in [9.17, 15) is 0 Å². The molecule has 0 saturated carbocycles. The van der Waals surface area contributed by atoms with Gasteiger partial charge in [-0.15, -0.1) is 11.3 Å². The molecular formula is C50H30N4S. The minimum atomic E-state index is 0.669. The SMILES string of the molecule is c1ccc(-c2cccc(-n3c4ccccc4c4c5c(ccc43)sc3ccc4c6ccccc6n(-c6nc(-c7ccccc7)c7ccccc7n6)c4c35)c2)cc1. The predicted molar refractivity (Wildman–Crippen MR) is 232 cm³/mol. The predicted octanol–water partition coefficient (Wildman–Crippen LogP) is 13.5.